The van der Waals surface area contributed by atoms with E-state index in [9.17, 15) is 20.1 Å². The topological polar surface area (TPSA) is 96.2 Å². The van der Waals surface area contributed by atoms with Crippen molar-refractivity contribution in [2.24, 2.45) is 0 Å². The van der Waals surface area contributed by atoms with Crippen molar-refractivity contribution in [3.05, 3.63) is 63.8 Å². The summed E-state index contributed by atoms with van der Waals surface area (Å²) in [4.78, 5) is 13.2. The number of phenolic OH excluding ortho intramolecular Hbond substituents is 3. The molecule has 1 atom stereocenters. The Kier molecular flexibility index (Phi) is 6.82. The molecule has 3 rings (SSSR count). The number of carbonyl (C=O) groups is 1. The summed E-state index contributed by atoms with van der Waals surface area (Å²) in [5, 5.41) is 31.9. The van der Waals surface area contributed by atoms with Gasteiger partial charge in [-0.3, -0.25) is 4.79 Å². The first-order chi connectivity index (χ1) is 15.1. The van der Waals surface area contributed by atoms with Gasteiger partial charge in [-0.05, 0) is 58.2 Å². The molecule has 170 valence electrons. The maximum Gasteiger partial charge on any atom is 0.174 e. The Morgan fingerprint density at radius 2 is 1.66 bits per heavy atom. The monoisotopic (exact) mass is 438 g/mol. The molecule has 32 heavy (non-hydrogen) atoms. The molecule has 0 radical (unpaired) electrons. The average molecular weight is 439 g/mol. The normalized spacial score (nSPS) is 14.9. The van der Waals surface area contributed by atoms with Crippen LogP contribution in [0, 0.1) is 0 Å². The number of hydrogen-bond donors (Lipinski definition) is 3. The SMILES string of the molecule is COc1cc(C2CC(=O)c3c(O)c(CC=C(C)C)c(O)c(CC=C(C)C)c3O2)ccc1O. The smallest absolute Gasteiger partial charge is 0.174 e. The first-order valence-electron chi connectivity index (χ1n) is 10.6. The standard InChI is InChI=1S/C26H30O6/c1-14(2)6-9-17-24(29)18(10-7-15(3)4)26-23(25(17)30)20(28)13-21(32-26)16-8-11-19(27)22(12-16)31-5/h6-8,11-12,21,27,29-30H,9-10,13H2,1-5H3. The molecular weight excluding hydrogens is 408 g/mol. The van der Waals surface area contributed by atoms with Gasteiger partial charge in [-0.25, -0.2) is 0 Å². The second kappa shape index (κ2) is 9.39. The van der Waals surface area contributed by atoms with Crippen molar-refractivity contribution in [2.75, 3.05) is 7.11 Å². The molecule has 1 aliphatic heterocycles. The van der Waals surface area contributed by atoms with Gasteiger partial charge in [0.05, 0.1) is 13.5 Å². The largest absolute Gasteiger partial charge is 0.507 e. The van der Waals surface area contributed by atoms with Gasteiger partial charge < -0.3 is 24.8 Å². The summed E-state index contributed by atoms with van der Waals surface area (Å²) in [5.74, 6) is -0.0979. The van der Waals surface area contributed by atoms with E-state index in [2.05, 4.69) is 0 Å². The third-order valence-corrected chi connectivity index (χ3v) is 5.51. The lowest BCUT2D eigenvalue weighted by Crippen LogP contribution is -2.22. The molecule has 1 unspecified atom stereocenters. The Bertz CT molecular complexity index is 1100. The fourth-order valence-corrected chi connectivity index (χ4v) is 3.73. The number of carbonyl (C=O) groups excluding carboxylic acids is 1. The Labute approximate surface area is 188 Å². The van der Waals surface area contributed by atoms with Crippen LogP contribution in [0.25, 0.3) is 0 Å². The number of rotatable bonds is 6. The number of ether oxygens (including phenoxy) is 2. The summed E-state index contributed by atoms with van der Waals surface area (Å²) in [5.41, 5.74) is 3.65. The zero-order chi connectivity index (χ0) is 23.6. The highest BCUT2D eigenvalue weighted by atomic mass is 16.5. The van der Waals surface area contributed by atoms with Crippen LogP contribution >= 0.6 is 0 Å². The minimum Gasteiger partial charge on any atom is -0.507 e. The Morgan fingerprint density at radius 1 is 1.03 bits per heavy atom. The van der Waals surface area contributed by atoms with Gasteiger partial charge in [-0.1, -0.05) is 29.4 Å². The van der Waals surface area contributed by atoms with E-state index >= 15 is 0 Å². The van der Waals surface area contributed by atoms with E-state index in [1.165, 1.54) is 13.2 Å². The lowest BCUT2D eigenvalue weighted by molar-refractivity contribution is 0.0841. The number of Topliss-reactive ketones (excluding diaryl/α,β-unsaturated/α-hetero) is 1. The molecule has 0 aliphatic carbocycles. The Hall–Kier alpha value is -3.41. The molecule has 6 nitrogen and oxygen atoms in total. The van der Waals surface area contributed by atoms with E-state index in [0.29, 0.717) is 29.5 Å². The number of allylic oxidation sites excluding steroid dienone is 4. The van der Waals surface area contributed by atoms with Gasteiger partial charge in [0.25, 0.3) is 0 Å². The second-order valence-corrected chi connectivity index (χ2v) is 8.49. The lowest BCUT2D eigenvalue weighted by Gasteiger charge is -2.29. The molecule has 2 aromatic carbocycles. The Morgan fingerprint density at radius 3 is 2.25 bits per heavy atom. The highest BCUT2D eigenvalue weighted by molar-refractivity contribution is 6.04. The molecule has 1 aliphatic rings. The van der Waals surface area contributed by atoms with Crippen molar-refractivity contribution in [3.8, 4) is 28.7 Å². The summed E-state index contributed by atoms with van der Waals surface area (Å²) in [6.07, 6.45) is 3.88. The number of fused-ring (bicyclic) bond motifs is 1. The van der Waals surface area contributed by atoms with Crippen molar-refractivity contribution in [2.45, 2.75) is 53.1 Å². The number of aromatic hydroxyl groups is 3. The van der Waals surface area contributed by atoms with E-state index in [1.54, 1.807) is 12.1 Å². The summed E-state index contributed by atoms with van der Waals surface area (Å²) in [7, 11) is 1.45. The first-order valence-corrected chi connectivity index (χ1v) is 10.6. The molecule has 0 fully saturated rings. The van der Waals surface area contributed by atoms with Crippen LogP contribution in [0.1, 0.15) is 67.3 Å². The zero-order valence-electron chi connectivity index (χ0n) is 19.2. The first kappa shape index (κ1) is 23.3. The second-order valence-electron chi connectivity index (χ2n) is 8.49. The van der Waals surface area contributed by atoms with Gasteiger partial charge in [-0.15, -0.1) is 0 Å². The fourth-order valence-electron chi connectivity index (χ4n) is 3.73. The number of benzene rings is 2. The summed E-state index contributed by atoms with van der Waals surface area (Å²) in [6.45, 7) is 7.76. The van der Waals surface area contributed by atoms with Crippen molar-refractivity contribution >= 4 is 5.78 Å². The molecule has 1 heterocycles. The fraction of sp³-hybridized carbons (Fsp3) is 0.346. The summed E-state index contributed by atoms with van der Waals surface area (Å²) in [6, 6.07) is 4.77. The molecular formula is C26H30O6. The molecule has 0 saturated carbocycles. The third kappa shape index (κ3) is 4.59. The van der Waals surface area contributed by atoms with Gasteiger partial charge in [-0.2, -0.15) is 0 Å². The highest BCUT2D eigenvalue weighted by Gasteiger charge is 2.35. The maximum atomic E-state index is 13.2. The van der Waals surface area contributed by atoms with Crippen LogP contribution in [0.5, 0.6) is 28.7 Å². The van der Waals surface area contributed by atoms with Crippen molar-refractivity contribution in [1.82, 2.24) is 0 Å². The highest BCUT2D eigenvalue weighted by Crippen LogP contribution is 2.49. The molecule has 0 saturated heterocycles. The Balaban J connectivity index is 2.16. The number of methoxy groups -OCH3 is 1. The van der Waals surface area contributed by atoms with E-state index < -0.39 is 6.10 Å². The van der Waals surface area contributed by atoms with Crippen molar-refractivity contribution < 1.29 is 29.6 Å². The molecule has 0 amide bonds. The van der Waals surface area contributed by atoms with Gasteiger partial charge in [0.1, 0.15) is 28.9 Å². The quantitative estimate of drug-likeness (QED) is 0.513. The van der Waals surface area contributed by atoms with Crippen LogP contribution in [-0.2, 0) is 12.8 Å². The average Bonchev–Trinajstić information content (AvgIpc) is 2.72. The van der Waals surface area contributed by atoms with Crippen LogP contribution in [-0.4, -0.2) is 28.2 Å². The van der Waals surface area contributed by atoms with Crippen LogP contribution in [0.2, 0.25) is 0 Å². The minimum absolute atomic E-state index is 0.0118. The molecule has 0 bridgehead atoms. The van der Waals surface area contributed by atoms with E-state index in [0.717, 1.165) is 11.1 Å². The molecule has 3 N–H and O–H groups in total. The van der Waals surface area contributed by atoms with Gasteiger partial charge >= 0.3 is 0 Å². The van der Waals surface area contributed by atoms with Crippen molar-refractivity contribution in [3.63, 3.8) is 0 Å². The molecule has 6 heteroatoms. The zero-order valence-corrected chi connectivity index (χ0v) is 19.2. The van der Waals surface area contributed by atoms with Crippen LogP contribution in [0.15, 0.2) is 41.5 Å². The van der Waals surface area contributed by atoms with Crippen LogP contribution < -0.4 is 9.47 Å². The molecule has 2 aromatic rings. The summed E-state index contributed by atoms with van der Waals surface area (Å²) >= 11 is 0. The van der Waals surface area contributed by atoms with Gasteiger partial charge in [0.15, 0.2) is 17.3 Å². The predicted molar refractivity (Wildman–Crippen MR) is 123 cm³/mol. The number of hydrogen-bond acceptors (Lipinski definition) is 6. The van der Waals surface area contributed by atoms with E-state index in [1.807, 2.05) is 39.8 Å². The third-order valence-electron chi connectivity index (χ3n) is 5.51. The van der Waals surface area contributed by atoms with E-state index in [-0.39, 0.29) is 46.5 Å². The maximum absolute atomic E-state index is 13.2. The molecule has 0 aromatic heterocycles. The number of phenols is 3. The lowest BCUT2D eigenvalue weighted by atomic mass is 9.89. The summed E-state index contributed by atoms with van der Waals surface area (Å²) < 4.78 is 11.4. The van der Waals surface area contributed by atoms with E-state index in [4.69, 9.17) is 9.47 Å². The van der Waals surface area contributed by atoms with Gasteiger partial charge in [0.2, 0.25) is 0 Å². The van der Waals surface area contributed by atoms with Crippen LogP contribution in [0.3, 0.4) is 0 Å². The number of ketones is 1. The predicted octanol–water partition coefficient (Wildman–Crippen LogP) is 5.54. The van der Waals surface area contributed by atoms with Crippen molar-refractivity contribution in [1.29, 1.82) is 0 Å². The molecule has 0 spiro atoms. The van der Waals surface area contributed by atoms with Crippen LogP contribution in [0.4, 0.5) is 0 Å². The van der Waals surface area contributed by atoms with Gasteiger partial charge in [0, 0.05) is 11.1 Å². The minimum atomic E-state index is -0.641.